The van der Waals surface area contributed by atoms with Gasteiger partial charge in [-0.05, 0) is 27.0 Å². The largest absolute Gasteiger partial charge is 0.507 e. The van der Waals surface area contributed by atoms with Gasteiger partial charge in [-0.15, -0.1) is 0 Å². The van der Waals surface area contributed by atoms with Crippen molar-refractivity contribution in [2.75, 3.05) is 45.7 Å². The number of aliphatic hydroxyl groups excluding tert-OH is 1. The van der Waals surface area contributed by atoms with Gasteiger partial charge >= 0.3 is 11.8 Å². The van der Waals surface area contributed by atoms with Crippen LogP contribution in [0.4, 0.5) is 5.69 Å². The molecule has 16 nitrogen and oxygen atoms in total. The number of phenolic OH excluding ortho intramolecular Hbond substituents is 3. The standard InChI is InChI=1S/C43H56N4O12/c1-21-12-11-13-22(2)42(55)45-33-28(20-44-47-17-15-46(9)16-18-47)37(52)30-31(38(33)53)36(51)26(6)40-32(30)41(54)43(8,59-40)57-19-14-29(56-10)23(3)39(58-27(7)48)25(5)35(50)24(4)34(21)49/h11-14,19-21,23-25,29,35,39,50-53H,15-18H2,1-10H3,(H,45,55)/b12-11+,19-14+,22-13-,44-20+/t21-,23+,24+,25+,29-,35+,39+,43-/m0/s1. The molecule has 0 radical (unpaired) electrons. The third-order valence-electron chi connectivity index (χ3n) is 11.6. The van der Waals surface area contributed by atoms with E-state index in [1.54, 1.807) is 38.8 Å². The number of nitrogens with one attached hydrogen (secondary N) is 1. The number of carbonyl (C=O) groups is 4. The van der Waals surface area contributed by atoms with Crippen molar-refractivity contribution in [2.45, 2.75) is 79.5 Å². The molecule has 59 heavy (non-hydrogen) atoms. The molecule has 0 unspecified atom stereocenters. The molecular formula is C43H56N4O12. The van der Waals surface area contributed by atoms with Crippen LogP contribution in [0.2, 0.25) is 0 Å². The van der Waals surface area contributed by atoms with Gasteiger partial charge < -0.3 is 49.6 Å². The van der Waals surface area contributed by atoms with E-state index in [0.29, 0.717) is 26.2 Å². The van der Waals surface area contributed by atoms with Gasteiger partial charge in [0.25, 0.3) is 11.7 Å². The minimum Gasteiger partial charge on any atom is -0.507 e. The minimum atomic E-state index is -2.05. The molecule has 4 aliphatic rings. The molecule has 16 heteroatoms. The van der Waals surface area contributed by atoms with Gasteiger partial charge in [-0.25, -0.2) is 0 Å². The van der Waals surface area contributed by atoms with Gasteiger partial charge in [0.2, 0.25) is 0 Å². The number of allylic oxidation sites excluding steroid dienone is 3. The van der Waals surface area contributed by atoms with E-state index in [2.05, 4.69) is 15.3 Å². The van der Waals surface area contributed by atoms with Crippen LogP contribution in [0.25, 0.3) is 10.8 Å². The van der Waals surface area contributed by atoms with E-state index in [1.807, 2.05) is 7.05 Å². The summed E-state index contributed by atoms with van der Waals surface area (Å²) in [7, 11) is 3.40. The van der Waals surface area contributed by atoms with Crippen LogP contribution in [0.1, 0.15) is 70.0 Å². The molecule has 0 saturated carbocycles. The van der Waals surface area contributed by atoms with Crippen molar-refractivity contribution in [3.8, 4) is 23.0 Å². The number of piperazine rings is 1. The number of phenols is 3. The zero-order chi connectivity index (χ0) is 43.7. The first kappa shape index (κ1) is 44.6. The van der Waals surface area contributed by atoms with Crippen molar-refractivity contribution in [1.82, 2.24) is 9.91 Å². The second-order valence-electron chi connectivity index (χ2n) is 15.9. The monoisotopic (exact) mass is 820 g/mol. The summed E-state index contributed by atoms with van der Waals surface area (Å²) >= 11 is 0. The van der Waals surface area contributed by atoms with E-state index < -0.39 is 82.7 Å². The first-order chi connectivity index (χ1) is 27.7. The highest BCUT2D eigenvalue weighted by Gasteiger charge is 2.50. The summed E-state index contributed by atoms with van der Waals surface area (Å²) in [6.45, 7) is 14.8. The Morgan fingerprint density at radius 3 is 2.27 bits per heavy atom. The Balaban J connectivity index is 1.71. The lowest BCUT2D eigenvalue weighted by Gasteiger charge is -2.36. The van der Waals surface area contributed by atoms with Crippen molar-refractivity contribution in [3.05, 3.63) is 52.8 Å². The lowest BCUT2D eigenvalue weighted by molar-refractivity contribution is -0.159. The Bertz CT molecular complexity index is 2120. The fourth-order valence-electron chi connectivity index (χ4n) is 7.77. The number of aromatic hydroxyl groups is 3. The first-order valence-electron chi connectivity index (χ1n) is 19.6. The number of hydrogen-bond donors (Lipinski definition) is 5. The first-order valence-corrected chi connectivity index (χ1v) is 19.6. The molecular weight excluding hydrogens is 764 g/mol. The van der Waals surface area contributed by atoms with Gasteiger partial charge in [-0.2, -0.15) is 5.10 Å². The molecule has 8 atom stereocenters. The summed E-state index contributed by atoms with van der Waals surface area (Å²) < 4.78 is 23.5. The summed E-state index contributed by atoms with van der Waals surface area (Å²) in [5.74, 6) is -9.22. The van der Waals surface area contributed by atoms with E-state index in [-0.39, 0.29) is 50.3 Å². The van der Waals surface area contributed by atoms with Gasteiger partial charge in [-0.1, -0.05) is 45.9 Å². The number of Topliss-reactive ketones (excluding diaryl/α,β-unsaturated/α-hetero) is 2. The van der Waals surface area contributed by atoms with E-state index in [9.17, 15) is 39.6 Å². The lowest BCUT2D eigenvalue weighted by Crippen LogP contribution is -2.45. The third kappa shape index (κ3) is 8.80. The maximum Gasteiger partial charge on any atom is 0.312 e. The number of ketones is 2. The normalized spacial score (nSPS) is 30.8. The molecule has 2 aromatic carbocycles. The Morgan fingerprint density at radius 2 is 1.64 bits per heavy atom. The molecule has 2 aromatic rings. The van der Waals surface area contributed by atoms with Gasteiger partial charge in [0.15, 0.2) is 5.75 Å². The highest BCUT2D eigenvalue weighted by Crippen LogP contribution is 2.55. The highest BCUT2D eigenvalue weighted by atomic mass is 16.7. The molecule has 6 rings (SSSR count). The predicted molar refractivity (Wildman–Crippen MR) is 219 cm³/mol. The van der Waals surface area contributed by atoms with Crippen LogP contribution in [0.15, 0.2) is 41.2 Å². The molecule has 0 aliphatic carbocycles. The van der Waals surface area contributed by atoms with Crippen LogP contribution in [0.5, 0.6) is 23.0 Å². The summed E-state index contributed by atoms with van der Waals surface area (Å²) in [5, 5.41) is 55.4. The molecule has 1 amide bonds. The molecule has 5 N–H and O–H groups in total. The van der Waals surface area contributed by atoms with Crippen LogP contribution in [0.3, 0.4) is 0 Å². The van der Waals surface area contributed by atoms with Crippen LogP contribution in [0, 0.1) is 30.6 Å². The summed E-state index contributed by atoms with van der Waals surface area (Å²) in [5.41, 5.74) is -0.420. The van der Waals surface area contributed by atoms with Crippen molar-refractivity contribution in [2.24, 2.45) is 28.8 Å². The van der Waals surface area contributed by atoms with Crippen molar-refractivity contribution >= 4 is 46.1 Å². The smallest absolute Gasteiger partial charge is 0.312 e. The molecule has 0 spiro atoms. The Morgan fingerprint density at radius 1 is 0.983 bits per heavy atom. The number of ether oxygens (including phenoxy) is 4. The number of hydrogen-bond acceptors (Lipinski definition) is 15. The number of methoxy groups -OCH3 is 1. The third-order valence-corrected chi connectivity index (χ3v) is 11.6. The second kappa shape index (κ2) is 17.8. The van der Waals surface area contributed by atoms with Crippen LogP contribution < -0.4 is 10.1 Å². The molecule has 1 fully saturated rings. The quantitative estimate of drug-likeness (QED) is 0.124. The Hall–Kier alpha value is -5.45. The topological polar surface area (TPSA) is 217 Å². The number of aliphatic hydroxyl groups is 1. The maximum absolute atomic E-state index is 14.4. The number of fused-ring (bicyclic) bond motifs is 14. The van der Waals surface area contributed by atoms with Gasteiger partial charge in [0.05, 0.1) is 46.9 Å². The van der Waals surface area contributed by atoms with E-state index >= 15 is 0 Å². The van der Waals surface area contributed by atoms with Crippen molar-refractivity contribution < 1.29 is 58.6 Å². The lowest BCUT2D eigenvalue weighted by atomic mass is 9.79. The second-order valence-corrected chi connectivity index (χ2v) is 15.9. The fraction of sp³-hybridized carbons (Fsp3) is 0.512. The number of rotatable bonds is 4. The number of likely N-dealkylation sites (N-methyl/N-ethyl adjacent to an activating group) is 1. The molecule has 5 bridgehead atoms. The van der Waals surface area contributed by atoms with E-state index in [0.717, 1.165) is 0 Å². The highest BCUT2D eigenvalue weighted by molar-refractivity contribution is 6.23. The molecule has 1 saturated heterocycles. The zero-order valence-corrected chi connectivity index (χ0v) is 35.2. The van der Waals surface area contributed by atoms with Gasteiger partial charge in [0, 0.05) is 87.3 Å². The molecule has 0 aromatic heterocycles. The fourth-order valence-corrected chi connectivity index (χ4v) is 7.77. The van der Waals surface area contributed by atoms with E-state index in [4.69, 9.17) is 18.9 Å². The van der Waals surface area contributed by atoms with Crippen LogP contribution in [-0.2, 0) is 28.6 Å². The average molecular weight is 821 g/mol. The molecule has 4 aliphatic heterocycles. The molecule has 4 heterocycles. The number of carbonyl (C=O) groups excluding carboxylic acids is 4. The number of benzene rings is 2. The predicted octanol–water partition coefficient (Wildman–Crippen LogP) is 4.54. The van der Waals surface area contributed by atoms with Crippen LogP contribution >= 0.6 is 0 Å². The average Bonchev–Trinajstić information content (AvgIpc) is 3.46. The Labute approximate surface area is 343 Å². The zero-order valence-electron chi connectivity index (χ0n) is 35.2. The number of nitrogens with zero attached hydrogens (tertiary/aromatic N) is 3. The molecule has 320 valence electrons. The number of esters is 1. The van der Waals surface area contributed by atoms with Crippen molar-refractivity contribution in [1.29, 1.82) is 0 Å². The van der Waals surface area contributed by atoms with Gasteiger partial charge in [0.1, 0.15) is 29.1 Å². The van der Waals surface area contributed by atoms with Gasteiger partial charge in [-0.3, -0.25) is 24.2 Å². The maximum atomic E-state index is 14.4. The SMILES string of the molecule is CO[C@H]1/C=C/O[C@@]2(C)Oc3c(C)c(O)c4c(O)c(c(/C=N/N5CCN(C)CC5)c(O)c4c3C2=O)NC(=O)/C(C)=C\C=C\[C@H](C)C(=O)[C@@H](C)[C@@H](O)[C@@H](C)[C@H](OC(C)=O)[C@@H]1C. The minimum absolute atomic E-state index is 0.0489. The summed E-state index contributed by atoms with van der Waals surface area (Å²) in [6.07, 6.45) is 5.51. The summed E-state index contributed by atoms with van der Waals surface area (Å²) in [4.78, 5) is 56.2. The van der Waals surface area contributed by atoms with Crippen LogP contribution in [-0.4, -0.2) is 124 Å². The number of hydrazone groups is 1. The number of anilines is 1. The summed E-state index contributed by atoms with van der Waals surface area (Å²) in [6, 6.07) is 0. The van der Waals surface area contributed by atoms with E-state index in [1.165, 1.54) is 65.5 Å². The van der Waals surface area contributed by atoms with Crippen molar-refractivity contribution in [3.63, 3.8) is 0 Å². The Kier molecular flexibility index (Phi) is 13.5. The number of amides is 1.